The second-order valence-electron chi connectivity index (χ2n) is 5.19. The van der Waals surface area contributed by atoms with Crippen LogP contribution in [0.25, 0.3) is 0 Å². The molecule has 0 rings (SSSR count). The van der Waals surface area contributed by atoms with E-state index in [-0.39, 0.29) is 30.0 Å². The third kappa shape index (κ3) is 6.61. The highest BCUT2D eigenvalue weighted by atomic mass is 16.5. The van der Waals surface area contributed by atoms with Crippen molar-refractivity contribution in [2.75, 3.05) is 27.3 Å². The zero-order valence-electron chi connectivity index (χ0n) is 11.6. The maximum Gasteiger partial charge on any atom is 0.222 e. The molecule has 0 saturated carbocycles. The molecule has 3 N–H and O–H groups in total. The molecule has 2 atom stereocenters. The number of nitrogens with two attached hydrogens (primary N) is 1. The number of carbonyl (C=O) groups excluding carboxylic acids is 1. The predicted molar refractivity (Wildman–Crippen MR) is 67.7 cm³/mol. The summed E-state index contributed by atoms with van der Waals surface area (Å²) >= 11 is 0. The fraction of sp³-hybridized carbons (Fsp3) is 0.917. The Kier molecular flexibility index (Phi) is 7.34. The Morgan fingerprint density at radius 2 is 1.88 bits per heavy atom. The summed E-state index contributed by atoms with van der Waals surface area (Å²) in [5.74, 6) is -0.0615. The molecule has 5 heteroatoms. The van der Waals surface area contributed by atoms with Crippen LogP contribution in [0.1, 0.15) is 27.2 Å². The number of carbonyl (C=O) groups is 1. The Morgan fingerprint density at radius 3 is 2.24 bits per heavy atom. The first-order valence-corrected chi connectivity index (χ1v) is 5.87. The minimum atomic E-state index is -0.217. The van der Waals surface area contributed by atoms with Crippen LogP contribution in [-0.4, -0.2) is 45.4 Å². The summed E-state index contributed by atoms with van der Waals surface area (Å²) in [6.45, 7) is 7.07. The molecule has 2 unspecified atom stereocenters. The second-order valence-corrected chi connectivity index (χ2v) is 5.19. The van der Waals surface area contributed by atoms with Crippen LogP contribution in [0.2, 0.25) is 0 Å². The molecule has 0 aliphatic heterocycles. The molecule has 102 valence electrons. The van der Waals surface area contributed by atoms with E-state index < -0.39 is 0 Å². The predicted octanol–water partition coefficient (Wildman–Crippen LogP) is 0.528. The van der Waals surface area contributed by atoms with Crippen molar-refractivity contribution in [2.45, 2.75) is 39.4 Å². The average Bonchev–Trinajstić information content (AvgIpc) is 2.24. The molecule has 0 aromatic rings. The largest absolute Gasteiger partial charge is 0.380 e. The van der Waals surface area contributed by atoms with Crippen LogP contribution in [0, 0.1) is 5.41 Å². The van der Waals surface area contributed by atoms with Crippen molar-refractivity contribution >= 4 is 5.91 Å². The van der Waals surface area contributed by atoms with Crippen molar-refractivity contribution < 1.29 is 14.3 Å². The Hall–Kier alpha value is -0.650. The van der Waals surface area contributed by atoms with Crippen molar-refractivity contribution in [3.8, 4) is 0 Å². The van der Waals surface area contributed by atoms with E-state index in [1.54, 1.807) is 14.2 Å². The van der Waals surface area contributed by atoms with Gasteiger partial charge in [0.05, 0.1) is 18.6 Å². The summed E-state index contributed by atoms with van der Waals surface area (Å²) < 4.78 is 10.4. The Morgan fingerprint density at radius 1 is 1.29 bits per heavy atom. The molecule has 1 amide bonds. The van der Waals surface area contributed by atoms with Crippen molar-refractivity contribution in [1.29, 1.82) is 0 Å². The lowest BCUT2D eigenvalue weighted by Gasteiger charge is -2.29. The van der Waals surface area contributed by atoms with Gasteiger partial charge in [0.25, 0.3) is 0 Å². The molecule has 0 aromatic heterocycles. The summed E-state index contributed by atoms with van der Waals surface area (Å²) in [6.07, 6.45) is 0.0593. The molecule has 17 heavy (non-hydrogen) atoms. The van der Waals surface area contributed by atoms with Crippen LogP contribution in [-0.2, 0) is 14.3 Å². The number of methoxy groups -OCH3 is 2. The molecule has 0 radical (unpaired) electrons. The van der Waals surface area contributed by atoms with Gasteiger partial charge in [-0.1, -0.05) is 20.8 Å². The minimum absolute atomic E-state index is 0.00342. The Balaban J connectivity index is 4.06. The third-order valence-electron chi connectivity index (χ3n) is 2.74. The van der Waals surface area contributed by atoms with Gasteiger partial charge >= 0.3 is 0 Å². The summed E-state index contributed by atoms with van der Waals surface area (Å²) in [5.41, 5.74) is 5.45. The van der Waals surface area contributed by atoms with E-state index in [2.05, 4.69) is 26.1 Å². The number of nitrogens with one attached hydrogen (secondary N) is 1. The molecule has 0 bridgehead atoms. The molecule has 5 nitrogen and oxygen atoms in total. The van der Waals surface area contributed by atoms with Crippen LogP contribution in [0.15, 0.2) is 0 Å². The maximum atomic E-state index is 11.6. The molecule has 0 saturated heterocycles. The lowest BCUT2D eigenvalue weighted by molar-refractivity contribution is -0.124. The highest BCUT2D eigenvalue weighted by molar-refractivity contribution is 5.76. The number of amides is 1. The van der Waals surface area contributed by atoms with E-state index in [0.717, 1.165) is 0 Å². The van der Waals surface area contributed by atoms with Crippen LogP contribution in [0.5, 0.6) is 0 Å². The van der Waals surface area contributed by atoms with E-state index in [4.69, 9.17) is 15.2 Å². The first-order valence-electron chi connectivity index (χ1n) is 5.87. The van der Waals surface area contributed by atoms with Gasteiger partial charge in [0.1, 0.15) is 0 Å². The highest BCUT2D eigenvalue weighted by Crippen LogP contribution is 2.20. The number of hydrogen-bond acceptors (Lipinski definition) is 4. The molecular weight excluding hydrogens is 220 g/mol. The Bertz CT molecular complexity index is 222. The normalized spacial score (nSPS) is 15.4. The molecular formula is C12H26N2O3. The molecule has 0 aliphatic carbocycles. The van der Waals surface area contributed by atoms with Crippen molar-refractivity contribution in [2.24, 2.45) is 11.1 Å². The molecule has 0 aliphatic rings. The fourth-order valence-electron chi connectivity index (χ4n) is 1.49. The second kappa shape index (κ2) is 7.63. The van der Waals surface area contributed by atoms with Crippen LogP contribution < -0.4 is 11.1 Å². The summed E-state index contributed by atoms with van der Waals surface area (Å²) in [4.78, 5) is 11.6. The van der Waals surface area contributed by atoms with Gasteiger partial charge in [-0.2, -0.15) is 0 Å². The quantitative estimate of drug-likeness (QED) is 0.687. The third-order valence-corrected chi connectivity index (χ3v) is 2.74. The first kappa shape index (κ1) is 16.4. The molecule has 0 fully saturated rings. The maximum absolute atomic E-state index is 11.6. The van der Waals surface area contributed by atoms with Gasteiger partial charge in [-0.25, -0.2) is 0 Å². The standard InChI is InChI=1S/C12H26N2O3/c1-12(2,3)10(17-5)8-14-11(15)6-9(7-13)16-4/h9-10H,6-8,13H2,1-5H3,(H,14,15). The van der Waals surface area contributed by atoms with Gasteiger partial charge < -0.3 is 20.5 Å². The van der Waals surface area contributed by atoms with E-state index in [0.29, 0.717) is 13.1 Å². The number of rotatable bonds is 7. The van der Waals surface area contributed by atoms with E-state index in [1.165, 1.54) is 0 Å². The van der Waals surface area contributed by atoms with Gasteiger partial charge in [0, 0.05) is 27.3 Å². The van der Waals surface area contributed by atoms with Gasteiger partial charge in [-0.3, -0.25) is 4.79 Å². The first-order chi connectivity index (χ1) is 7.85. The molecule has 0 aromatic carbocycles. The molecule has 0 spiro atoms. The van der Waals surface area contributed by atoms with Crippen molar-refractivity contribution in [3.63, 3.8) is 0 Å². The fourth-order valence-corrected chi connectivity index (χ4v) is 1.49. The topological polar surface area (TPSA) is 73.6 Å². The van der Waals surface area contributed by atoms with Crippen molar-refractivity contribution in [3.05, 3.63) is 0 Å². The highest BCUT2D eigenvalue weighted by Gasteiger charge is 2.24. The average molecular weight is 246 g/mol. The summed E-state index contributed by atoms with van der Waals surface area (Å²) in [7, 11) is 3.21. The van der Waals surface area contributed by atoms with Crippen LogP contribution in [0.3, 0.4) is 0 Å². The lowest BCUT2D eigenvalue weighted by Crippen LogP contribution is -2.42. The molecule has 0 heterocycles. The number of ether oxygens (including phenoxy) is 2. The summed E-state index contributed by atoms with van der Waals surface area (Å²) in [5, 5.41) is 2.84. The Labute approximate surface area is 104 Å². The monoisotopic (exact) mass is 246 g/mol. The van der Waals surface area contributed by atoms with Crippen LogP contribution >= 0.6 is 0 Å². The van der Waals surface area contributed by atoms with E-state index in [9.17, 15) is 4.79 Å². The SMILES string of the molecule is COC(CN)CC(=O)NCC(OC)C(C)(C)C. The summed E-state index contributed by atoms with van der Waals surface area (Å²) in [6, 6.07) is 0. The minimum Gasteiger partial charge on any atom is -0.380 e. The zero-order valence-corrected chi connectivity index (χ0v) is 11.6. The van der Waals surface area contributed by atoms with E-state index in [1.807, 2.05) is 0 Å². The van der Waals surface area contributed by atoms with Crippen molar-refractivity contribution in [1.82, 2.24) is 5.32 Å². The van der Waals surface area contributed by atoms with E-state index >= 15 is 0 Å². The lowest BCUT2D eigenvalue weighted by atomic mass is 9.89. The zero-order chi connectivity index (χ0) is 13.5. The van der Waals surface area contributed by atoms with Gasteiger partial charge in [-0.05, 0) is 5.41 Å². The smallest absolute Gasteiger partial charge is 0.222 e. The van der Waals surface area contributed by atoms with Gasteiger partial charge in [0.2, 0.25) is 5.91 Å². The number of hydrogen-bond donors (Lipinski definition) is 2. The van der Waals surface area contributed by atoms with Gasteiger partial charge in [-0.15, -0.1) is 0 Å². The van der Waals surface area contributed by atoms with Crippen LogP contribution in [0.4, 0.5) is 0 Å². The van der Waals surface area contributed by atoms with Gasteiger partial charge in [0.15, 0.2) is 0 Å².